The van der Waals surface area contributed by atoms with Gasteiger partial charge >= 0.3 is 5.97 Å². The van der Waals surface area contributed by atoms with Crippen molar-refractivity contribution in [1.82, 2.24) is 4.98 Å². The van der Waals surface area contributed by atoms with Gasteiger partial charge in [-0.1, -0.05) is 20.3 Å². The number of anilines is 1. The first kappa shape index (κ1) is 13.8. The number of hydrogen-bond donors (Lipinski definition) is 2. The van der Waals surface area contributed by atoms with Gasteiger partial charge in [-0.3, -0.25) is 0 Å². The molecule has 1 fully saturated rings. The van der Waals surface area contributed by atoms with E-state index < -0.39 is 5.97 Å². The van der Waals surface area contributed by atoms with Gasteiger partial charge in [0.1, 0.15) is 5.82 Å². The van der Waals surface area contributed by atoms with Crippen LogP contribution in [0.15, 0.2) is 12.1 Å². The van der Waals surface area contributed by atoms with Crippen LogP contribution in [0.3, 0.4) is 0 Å². The van der Waals surface area contributed by atoms with E-state index in [0.717, 1.165) is 18.7 Å². The van der Waals surface area contributed by atoms with E-state index in [4.69, 9.17) is 5.11 Å². The van der Waals surface area contributed by atoms with Crippen LogP contribution in [-0.2, 0) is 6.42 Å². The Hall–Kier alpha value is -1.58. The van der Waals surface area contributed by atoms with Crippen molar-refractivity contribution >= 4 is 11.8 Å². The fourth-order valence-electron chi connectivity index (χ4n) is 2.59. The third-order valence-corrected chi connectivity index (χ3v) is 4.30. The first-order valence-corrected chi connectivity index (χ1v) is 7.07. The van der Waals surface area contributed by atoms with Crippen LogP contribution in [0.4, 0.5) is 5.82 Å². The minimum absolute atomic E-state index is 0.313. The Morgan fingerprint density at radius 3 is 2.63 bits per heavy atom. The molecule has 4 nitrogen and oxygen atoms in total. The number of carboxylic acid groups (broad SMARTS) is 1. The second-order valence-electron chi connectivity index (χ2n) is 5.45. The molecule has 19 heavy (non-hydrogen) atoms. The number of nitrogens with one attached hydrogen (secondary N) is 1. The molecule has 0 atom stereocenters. The summed E-state index contributed by atoms with van der Waals surface area (Å²) in [7, 11) is 0. The molecule has 1 aromatic rings. The summed E-state index contributed by atoms with van der Waals surface area (Å²) in [6, 6.07) is 3.27. The number of nitrogens with zero attached hydrogens (tertiary/aromatic N) is 1. The van der Waals surface area contributed by atoms with Crippen LogP contribution in [0, 0.1) is 5.41 Å². The Morgan fingerprint density at radius 1 is 1.42 bits per heavy atom. The number of aryl methyl sites for hydroxylation is 1. The number of aromatic carboxylic acids is 1. The summed E-state index contributed by atoms with van der Waals surface area (Å²) < 4.78 is 0. The largest absolute Gasteiger partial charge is 0.478 e. The normalized spacial score (nSPS) is 16.7. The van der Waals surface area contributed by atoms with Crippen molar-refractivity contribution in [2.24, 2.45) is 5.41 Å². The number of carbonyl (C=O) groups is 1. The lowest BCUT2D eigenvalue weighted by atomic mass is 9.67. The summed E-state index contributed by atoms with van der Waals surface area (Å²) in [5.74, 6) is -0.203. The van der Waals surface area contributed by atoms with Gasteiger partial charge in [-0.05, 0) is 43.2 Å². The molecule has 0 saturated heterocycles. The number of carboxylic acids is 1. The van der Waals surface area contributed by atoms with E-state index in [1.165, 1.54) is 25.7 Å². The Labute approximate surface area is 114 Å². The molecule has 1 aliphatic rings. The zero-order valence-corrected chi connectivity index (χ0v) is 11.7. The van der Waals surface area contributed by atoms with Crippen LogP contribution in [0.2, 0.25) is 0 Å². The Kier molecular flexibility index (Phi) is 4.08. The molecule has 1 aliphatic carbocycles. The fourth-order valence-corrected chi connectivity index (χ4v) is 2.59. The maximum Gasteiger partial charge on any atom is 0.335 e. The van der Waals surface area contributed by atoms with E-state index in [1.54, 1.807) is 12.1 Å². The molecule has 0 amide bonds. The first-order chi connectivity index (χ1) is 9.08. The molecule has 0 aromatic carbocycles. The highest BCUT2D eigenvalue weighted by atomic mass is 16.4. The topological polar surface area (TPSA) is 62.2 Å². The lowest BCUT2D eigenvalue weighted by Gasteiger charge is -2.41. The zero-order valence-electron chi connectivity index (χ0n) is 11.7. The van der Waals surface area contributed by atoms with E-state index in [2.05, 4.69) is 17.2 Å². The van der Waals surface area contributed by atoms with Gasteiger partial charge in [0.05, 0.1) is 5.56 Å². The predicted octanol–water partition coefficient (Wildman–Crippen LogP) is 3.33. The van der Waals surface area contributed by atoms with Crippen molar-refractivity contribution in [2.75, 3.05) is 11.9 Å². The first-order valence-electron chi connectivity index (χ1n) is 7.07. The van der Waals surface area contributed by atoms with Crippen molar-refractivity contribution in [2.45, 2.75) is 46.0 Å². The third kappa shape index (κ3) is 3.06. The second kappa shape index (κ2) is 5.59. The second-order valence-corrected chi connectivity index (χ2v) is 5.45. The van der Waals surface area contributed by atoms with Gasteiger partial charge in [0.2, 0.25) is 0 Å². The maximum absolute atomic E-state index is 11.1. The summed E-state index contributed by atoms with van der Waals surface area (Å²) in [6.45, 7) is 5.10. The van der Waals surface area contributed by atoms with E-state index in [1.807, 2.05) is 6.92 Å². The molecule has 0 aliphatic heterocycles. The maximum atomic E-state index is 11.1. The van der Waals surface area contributed by atoms with Gasteiger partial charge < -0.3 is 10.4 Å². The molecule has 1 saturated carbocycles. The van der Waals surface area contributed by atoms with E-state index >= 15 is 0 Å². The molecule has 1 heterocycles. The van der Waals surface area contributed by atoms with Gasteiger partial charge in [0, 0.05) is 12.2 Å². The fraction of sp³-hybridized carbons (Fsp3) is 0.600. The highest BCUT2D eigenvalue weighted by Gasteiger charge is 2.34. The molecule has 4 heteroatoms. The van der Waals surface area contributed by atoms with Crippen LogP contribution < -0.4 is 5.32 Å². The van der Waals surface area contributed by atoms with Crippen LogP contribution in [0.1, 0.15) is 55.6 Å². The van der Waals surface area contributed by atoms with Gasteiger partial charge in [-0.2, -0.15) is 0 Å². The average molecular weight is 262 g/mol. The lowest BCUT2D eigenvalue weighted by Crippen LogP contribution is -2.36. The number of aromatic nitrogens is 1. The molecule has 0 radical (unpaired) electrons. The van der Waals surface area contributed by atoms with Crippen LogP contribution in [0.5, 0.6) is 0 Å². The molecule has 0 bridgehead atoms. The Balaban J connectivity index is 2.11. The highest BCUT2D eigenvalue weighted by molar-refractivity contribution is 5.88. The van der Waals surface area contributed by atoms with Crippen molar-refractivity contribution in [3.05, 3.63) is 23.4 Å². The summed E-state index contributed by atoms with van der Waals surface area (Å²) in [6.07, 6.45) is 5.73. The molecular formula is C15H22N2O2. The van der Waals surface area contributed by atoms with E-state index in [9.17, 15) is 4.79 Å². The minimum Gasteiger partial charge on any atom is -0.478 e. The average Bonchev–Trinajstić information content (AvgIpc) is 2.37. The SMILES string of the molecule is CCc1cc(C(=O)O)cc(NCC2(CC)CCC2)n1. The predicted molar refractivity (Wildman–Crippen MR) is 75.6 cm³/mol. The zero-order chi connectivity index (χ0) is 13.9. The molecule has 0 spiro atoms. The van der Waals surface area contributed by atoms with Gasteiger partial charge in [0.15, 0.2) is 0 Å². The number of pyridine rings is 1. The highest BCUT2D eigenvalue weighted by Crippen LogP contribution is 2.43. The molecule has 0 unspecified atom stereocenters. The smallest absolute Gasteiger partial charge is 0.335 e. The minimum atomic E-state index is -0.894. The summed E-state index contributed by atoms with van der Waals surface area (Å²) in [5, 5.41) is 12.4. The van der Waals surface area contributed by atoms with E-state index in [0.29, 0.717) is 16.8 Å². The molecular weight excluding hydrogens is 240 g/mol. The summed E-state index contributed by atoms with van der Waals surface area (Å²) in [4.78, 5) is 15.5. The molecule has 2 N–H and O–H groups in total. The van der Waals surface area contributed by atoms with Crippen LogP contribution in [0.25, 0.3) is 0 Å². The van der Waals surface area contributed by atoms with Crippen molar-refractivity contribution in [3.63, 3.8) is 0 Å². The molecule has 1 aromatic heterocycles. The van der Waals surface area contributed by atoms with Crippen molar-refractivity contribution in [1.29, 1.82) is 0 Å². The molecule has 2 rings (SSSR count). The lowest BCUT2D eigenvalue weighted by molar-refractivity contribution is 0.0696. The van der Waals surface area contributed by atoms with Gasteiger partial charge in [0.25, 0.3) is 0 Å². The third-order valence-electron chi connectivity index (χ3n) is 4.30. The van der Waals surface area contributed by atoms with Crippen molar-refractivity contribution in [3.8, 4) is 0 Å². The quantitative estimate of drug-likeness (QED) is 0.825. The van der Waals surface area contributed by atoms with Gasteiger partial charge in [-0.25, -0.2) is 9.78 Å². The number of rotatable bonds is 6. The Bertz CT molecular complexity index is 462. The Morgan fingerprint density at radius 2 is 2.16 bits per heavy atom. The standard InChI is InChI=1S/C15H22N2O2/c1-3-12-8-11(14(18)19)9-13(17-12)16-10-15(4-2)6-5-7-15/h8-9H,3-7,10H2,1-2H3,(H,16,17)(H,18,19). The summed E-state index contributed by atoms with van der Waals surface area (Å²) >= 11 is 0. The monoisotopic (exact) mass is 262 g/mol. The molecule has 104 valence electrons. The number of hydrogen-bond acceptors (Lipinski definition) is 3. The van der Waals surface area contributed by atoms with Gasteiger partial charge in [-0.15, -0.1) is 0 Å². The van der Waals surface area contributed by atoms with Crippen LogP contribution >= 0.6 is 0 Å². The summed E-state index contributed by atoms with van der Waals surface area (Å²) in [5.41, 5.74) is 1.53. The van der Waals surface area contributed by atoms with Crippen LogP contribution in [-0.4, -0.2) is 22.6 Å². The van der Waals surface area contributed by atoms with E-state index in [-0.39, 0.29) is 0 Å². The van der Waals surface area contributed by atoms with Crippen molar-refractivity contribution < 1.29 is 9.90 Å².